The molecule has 1 aromatic heterocycles. The number of rotatable bonds is 8. The van der Waals surface area contributed by atoms with Crippen molar-refractivity contribution in [2.75, 3.05) is 13.1 Å². The Bertz CT molecular complexity index is 692. The topological polar surface area (TPSA) is 54.3 Å². The Morgan fingerprint density at radius 1 is 1.12 bits per heavy atom. The second-order valence-electron chi connectivity index (χ2n) is 6.36. The van der Waals surface area contributed by atoms with Gasteiger partial charge in [0.05, 0.1) is 6.54 Å². The molecule has 2 aromatic rings. The van der Waals surface area contributed by atoms with E-state index >= 15 is 0 Å². The smallest absolute Gasteiger partial charge is 0.270 e. The first-order chi connectivity index (χ1) is 12.0. The van der Waals surface area contributed by atoms with E-state index in [0.717, 1.165) is 13.0 Å². The second-order valence-corrected chi connectivity index (χ2v) is 6.36. The van der Waals surface area contributed by atoms with Gasteiger partial charge in [-0.05, 0) is 44.9 Å². The summed E-state index contributed by atoms with van der Waals surface area (Å²) in [7, 11) is 0. The highest BCUT2D eigenvalue weighted by Gasteiger charge is 2.20. The zero-order chi connectivity index (χ0) is 18.2. The number of hydrogen-bond donors (Lipinski definition) is 1. The third-order valence-electron chi connectivity index (χ3n) is 3.99. The molecule has 0 atom stereocenters. The maximum atomic E-state index is 12.8. The SMILES string of the molecule is CCN(CC(=O)NC(C)C)C(=O)c1cccn1CCc1ccccc1. The van der Waals surface area contributed by atoms with Crippen molar-refractivity contribution in [2.45, 2.75) is 39.8 Å². The van der Waals surface area contributed by atoms with Gasteiger partial charge in [0.2, 0.25) is 5.91 Å². The van der Waals surface area contributed by atoms with Crippen molar-refractivity contribution in [3.05, 3.63) is 59.9 Å². The minimum Gasteiger partial charge on any atom is -0.352 e. The Morgan fingerprint density at radius 2 is 1.84 bits per heavy atom. The zero-order valence-electron chi connectivity index (χ0n) is 15.2. The average molecular weight is 341 g/mol. The van der Waals surface area contributed by atoms with Crippen LogP contribution in [-0.2, 0) is 17.8 Å². The van der Waals surface area contributed by atoms with Crippen LogP contribution < -0.4 is 5.32 Å². The van der Waals surface area contributed by atoms with E-state index in [9.17, 15) is 9.59 Å². The average Bonchev–Trinajstić information content (AvgIpc) is 3.06. The molecule has 0 bridgehead atoms. The van der Waals surface area contributed by atoms with E-state index in [1.54, 1.807) is 4.90 Å². The van der Waals surface area contributed by atoms with Crippen molar-refractivity contribution < 1.29 is 9.59 Å². The molecule has 0 radical (unpaired) electrons. The van der Waals surface area contributed by atoms with Crippen molar-refractivity contribution in [2.24, 2.45) is 0 Å². The molecule has 1 heterocycles. The number of nitrogens with zero attached hydrogens (tertiary/aromatic N) is 2. The third-order valence-corrected chi connectivity index (χ3v) is 3.99. The number of benzene rings is 1. The molecule has 0 saturated carbocycles. The third kappa shape index (κ3) is 5.48. The molecule has 0 aliphatic heterocycles. The Morgan fingerprint density at radius 3 is 2.48 bits per heavy atom. The Labute approximate surface area is 149 Å². The van der Waals surface area contributed by atoms with Crippen molar-refractivity contribution in [3.63, 3.8) is 0 Å². The van der Waals surface area contributed by atoms with Crippen LogP contribution >= 0.6 is 0 Å². The molecule has 134 valence electrons. The molecule has 1 aromatic carbocycles. The highest BCUT2D eigenvalue weighted by atomic mass is 16.2. The molecule has 0 spiro atoms. The molecular weight excluding hydrogens is 314 g/mol. The van der Waals surface area contributed by atoms with E-state index in [4.69, 9.17) is 0 Å². The van der Waals surface area contributed by atoms with Gasteiger partial charge in [-0.3, -0.25) is 9.59 Å². The Hall–Kier alpha value is -2.56. The summed E-state index contributed by atoms with van der Waals surface area (Å²) in [6.45, 7) is 7.01. The summed E-state index contributed by atoms with van der Waals surface area (Å²) in [5, 5.41) is 2.83. The number of aryl methyl sites for hydroxylation is 2. The van der Waals surface area contributed by atoms with Gasteiger partial charge in [0.15, 0.2) is 0 Å². The van der Waals surface area contributed by atoms with Crippen LogP contribution in [0.4, 0.5) is 0 Å². The van der Waals surface area contributed by atoms with Gasteiger partial charge in [0.25, 0.3) is 5.91 Å². The van der Waals surface area contributed by atoms with E-state index < -0.39 is 0 Å². The molecule has 1 N–H and O–H groups in total. The van der Waals surface area contributed by atoms with Gasteiger partial charge in [-0.1, -0.05) is 30.3 Å². The number of likely N-dealkylation sites (N-methyl/N-ethyl adjacent to an activating group) is 1. The number of aromatic nitrogens is 1. The van der Waals surface area contributed by atoms with Crippen LogP contribution in [0.1, 0.15) is 36.8 Å². The number of amides is 2. The van der Waals surface area contributed by atoms with Crippen molar-refractivity contribution in [1.29, 1.82) is 0 Å². The van der Waals surface area contributed by atoms with Gasteiger partial charge in [-0.2, -0.15) is 0 Å². The molecule has 5 heteroatoms. The maximum Gasteiger partial charge on any atom is 0.270 e. The Kier molecular flexibility index (Phi) is 6.81. The van der Waals surface area contributed by atoms with Crippen LogP contribution in [0, 0.1) is 0 Å². The summed E-state index contributed by atoms with van der Waals surface area (Å²) in [5.74, 6) is -0.243. The minimum atomic E-state index is -0.132. The summed E-state index contributed by atoms with van der Waals surface area (Å²) in [4.78, 5) is 26.4. The van der Waals surface area contributed by atoms with Crippen LogP contribution in [0.2, 0.25) is 0 Å². The quantitative estimate of drug-likeness (QED) is 0.803. The van der Waals surface area contributed by atoms with Gasteiger partial charge in [-0.25, -0.2) is 0 Å². The molecular formula is C20H27N3O2. The van der Waals surface area contributed by atoms with Gasteiger partial charge in [-0.15, -0.1) is 0 Å². The number of nitrogens with one attached hydrogen (secondary N) is 1. The molecule has 0 aliphatic carbocycles. The summed E-state index contributed by atoms with van der Waals surface area (Å²) < 4.78 is 1.96. The minimum absolute atomic E-state index is 0.0658. The maximum absolute atomic E-state index is 12.8. The van der Waals surface area contributed by atoms with E-state index in [1.165, 1.54) is 5.56 Å². The summed E-state index contributed by atoms with van der Waals surface area (Å²) >= 11 is 0. The lowest BCUT2D eigenvalue weighted by molar-refractivity contribution is -0.122. The van der Waals surface area contributed by atoms with Crippen molar-refractivity contribution in [1.82, 2.24) is 14.8 Å². The number of carbonyl (C=O) groups is 2. The van der Waals surface area contributed by atoms with Gasteiger partial charge >= 0.3 is 0 Å². The first-order valence-electron chi connectivity index (χ1n) is 8.79. The highest BCUT2D eigenvalue weighted by molar-refractivity contribution is 5.95. The fourth-order valence-electron chi connectivity index (χ4n) is 2.73. The van der Waals surface area contributed by atoms with Gasteiger partial charge in [0, 0.05) is 25.3 Å². The predicted octanol–water partition coefficient (Wildman–Crippen LogP) is 2.72. The lowest BCUT2D eigenvalue weighted by Gasteiger charge is -2.22. The summed E-state index contributed by atoms with van der Waals surface area (Å²) in [6.07, 6.45) is 2.77. The van der Waals surface area contributed by atoms with Crippen LogP contribution in [0.15, 0.2) is 48.7 Å². The van der Waals surface area contributed by atoms with E-state index in [2.05, 4.69) is 17.4 Å². The van der Waals surface area contributed by atoms with Crippen molar-refractivity contribution in [3.8, 4) is 0 Å². The molecule has 0 aliphatic rings. The largest absolute Gasteiger partial charge is 0.352 e. The normalized spacial score (nSPS) is 10.7. The molecule has 5 nitrogen and oxygen atoms in total. The molecule has 0 fully saturated rings. The monoisotopic (exact) mass is 341 g/mol. The van der Waals surface area contributed by atoms with Crippen LogP contribution in [0.25, 0.3) is 0 Å². The van der Waals surface area contributed by atoms with Crippen LogP contribution in [0.5, 0.6) is 0 Å². The standard InChI is InChI=1S/C20H27N3O2/c1-4-22(15-19(24)21-16(2)3)20(25)18-11-8-13-23(18)14-12-17-9-6-5-7-10-17/h5-11,13,16H,4,12,14-15H2,1-3H3,(H,21,24). The number of carbonyl (C=O) groups excluding carboxylic acids is 2. The van der Waals surface area contributed by atoms with Gasteiger partial charge in [0.1, 0.15) is 5.69 Å². The molecule has 2 rings (SSSR count). The van der Waals surface area contributed by atoms with Crippen LogP contribution in [-0.4, -0.2) is 40.4 Å². The first kappa shape index (κ1) is 18.8. The lowest BCUT2D eigenvalue weighted by atomic mass is 10.1. The fraction of sp³-hybridized carbons (Fsp3) is 0.400. The van der Waals surface area contributed by atoms with E-state index in [-0.39, 0.29) is 24.4 Å². The fourth-order valence-corrected chi connectivity index (χ4v) is 2.73. The van der Waals surface area contributed by atoms with Crippen LogP contribution in [0.3, 0.4) is 0 Å². The molecule has 0 saturated heterocycles. The molecule has 2 amide bonds. The lowest BCUT2D eigenvalue weighted by Crippen LogP contribution is -2.43. The molecule has 25 heavy (non-hydrogen) atoms. The summed E-state index contributed by atoms with van der Waals surface area (Å²) in [5.41, 5.74) is 1.85. The Balaban J connectivity index is 2.03. The second kappa shape index (κ2) is 9.06. The van der Waals surface area contributed by atoms with Gasteiger partial charge < -0.3 is 14.8 Å². The zero-order valence-corrected chi connectivity index (χ0v) is 15.2. The predicted molar refractivity (Wildman–Crippen MR) is 99.4 cm³/mol. The number of hydrogen-bond acceptors (Lipinski definition) is 2. The molecule has 0 unspecified atom stereocenters. The van der Waals surface area contributed by atoms with E-state index in [1.807, 2.05) is 61.9 Å². The summed E-state index contributed by atoms with van der Waals surface area (Å²) in [6, 6.07) is 14.0. The van der Waals surface area contributed by atoms with Crippen molar-refractivity contribution >= 4 is 11.8 Å². The van der Waals surface area contributed by atoms with E-state index in [0.29, 0.717) is 12.2 Å². The first-order valence-corrected chi connectivity index (χ1v) is 8.79. The highest BCUT2D eigenvalue weighted by Crippen LogP contribution is 2.10.